The van der Waals surface area contributed by atoms with Gasteiger partial charge >= 0.3 is 0 Å². The number of amidine groups is 1. The summed E-state index contributed by atoms with van der Waals surface area (Å²) in [6, 6.07) is 7.23. The van der Waals surface area contributed by atoms with Crippen molar-refractivity contribution in [2.45, 2.75) is 40.2 Å². The van der Waals surface area contributed by atoms with Crippen LogP contribution in [0.4, 0.5) is 0 Å². The molecular weight excluding hydrogens is 280 g/mol. The number of nitrogens with zero attached hydrogens (tertiary/aromatic N) is 1. The van der Waals surface area contributed by atoms with Gasteiger partial charge in [0.15, 0.2) is 0 Å². The molecule has 0 aliphatic rings. The van der Waals surface area contributed by atoms with Crippen LogP contribution < -0.4 is 10.1 Å². The Balaban J connectivity index is 2.76. The highest BCUT2D eigenvalue weighted by Gasteiger charge is 2.12. The van der Waals surface area contributed by atoms with Crippen molar-refractivity contribution >= 4 is 11.9 Å². The van der Waals surface area contributed by atoms with Gasteiger partial charge in [0.05, 0.1) is 13.2 Å². The zero-order chi connectivity index (χ0) is 16.5. The Morgan fingerprint density at radius 3 is 2.59 bits per heavy atom. The summed E-state index contributed by atoms with van der Waals surface area (Å²) in [7, 11) is 1.57. The first-order valence-electron chi connectivity index (χ1n) is 7.59. The van der Waals surface area contributed by atoms with Gasteiger partial charge in [0.1, 0.15) is 5.75 Å². The molecule has 0 radical (unpaired) electrons. The van der Waals surface area contributed by atoms with Crippen LogP contribution in [0.5, 0.6) is 5.75 Å². The first kappa shape index (κ1) is 18.0. The molecule has 1 N–H and O–H groups in total. The van der Waals surface area contributed by atoms with Crippen LogP contribution in [-0.2, 0) is 4.74 Å². The highest BCUT2D eigenvalue weighted by molar-refractivity contribution is 6.04. The van der Waals surface area contributed by atoms with E-state index in [-0.39, 0.29) is 18.0 Å². The zero-order valence-corrected chi connectivity index (χ0v) is 14.1. The van der Waals surface area contributed by atoms with Crippen molar-refractivity contribution in [3.05, 3.63) is 29.8 Å². The zero-order valence-electron chi connectivity index (χ0n) is 14.1. The highest BCUT2D eigenvalue weighted by Crippen LogP contribution is 2.12. The number of hydrogen-bond acceptors (Lipinski definition) is 4. The number of ether oxygens (including phenoxy) is 2. The van der Waals surface area contributed by atoms with Crippen LogP contribution in [0.3, 0.4) is 0 Å². The van der Waals surface area contributed by atoms with Gasteiger partial charge in [0.2, 0.25) is 0 Å². The Bertz CT molecular complexity index is 510. The Morgan fingerprint density at radius 2 is 2.00 bits per heavy atom. The molecular formula is C17H26N2O3. The molecule has 5 heteroatoms. The molecule has 0 fully saturated rings. The fourth-order valence-corrected chi connectivity index (χ4v) is 1.69. The molecule has 22 heavy (non-hydrogen) atoms. The molecule has 0 heterocycles. The minimum absolute atomic E-state index is 0.0524. The molecule has 0 saturated heterocycles. The van der Waals surface area contributed by atoms with Crippen molar-refractivity contribution in [1.82, 2.24) is 5.32 Å². The second-order valence-corrected chi connectivity index (χ2v) is 5.72. The van der Waals surface area contributed by atoms with Gasteiger partial charge in [0.25, 0.3) is 11.9 Å². The molecule has 0 aliphatic carbocycles. The van der Waals surface area contributed by atoms with Crippen LogP contribution >= 0.6 is 0 Å². The number of carbonyl (C=O) groups is 1. The lowest BCUT2D eigenvalue weighted by atomic mass is 10.1. The molecule has 0 saturated carbocycles. The van der Waals surface area contributed by atoms with Gasteiger partial charge in [-0.2, -0.15) is 0 Å². The number of amides is 1. The largest absolute Gasteiger partial charge is 0.497 e. The quantitative estimate of drug-likeness (QED) is 0.648. The molecule has 0 atom stereocenters. The number of methoxy groups -OCH3 is 1. The van der Waals surface area contributed by atoms with Crippen LogP contribution in [0.15, 0.2) is 29.3 Å². The number of rotatable bonds is 6. The van der Waals surface area contributed by atoms with Crippen molar-refractivity contribution in [2.24, 2.45) is 10.9 Å². The van der Waals surface area contributed by atoms with Gasteiger partial charge in [-0.15, -0.1) is 0 Å². The van der Waals surface area contributed by atoms with Gasteiger partial charge in [-0.3, -0.25) is 10.1 Å². The van der Waals surface area contributed by atoms with Crippen LogP contribution in [-0.4, -0.2) is 31.7 Å². The summed E-state index contributed by atoms with van der Waals surface area (Å²) in [5.74, 6) is 0.928. The molecule has 1 amide bonds. The number of hydrogen-bond donors (Lipinski definition) is 1. The average Bonchev–Trinajstić information content (AvgIpc) is 2.46. The molecule has 1 aromatic carbocycles. The van der Waals surface area contributed by atoms with Gasteiger partial charge < -0.3 is 9.47 Å². The standard InChI is InChI=1S/C17H26N2O3/c1-12(2)9-10-18-17(22-13(3)4)19-16(20)14-7-6-8-15(11-14)21-5/h6-8,11-13H,9-10H2,1-5H3,(H,18,19,20). The van der Waals surface area contributed by atoms with E-state index in [4.69, 9.17) is 9.47 Å². The Morgan fingerprint density at radius 1 is 1.27 bits per heavy atom. The summed E-state index contributed by atoms with van der Waals surface area (Å²) in [5.41, 5.74) is 0.503. The molecule has 1 aromatic rings. The fourth-order valence-electron chi connectivity index (χ4n) is 1.69. The summed E-state index contributed by atoms with van der Waals surface area (Å²) in [6.45, 7) is 8.68. The Kier molecular flexibility index (Phi) is 7.43. The molecule has 0 aromatic heterocycles. The molecule has 0 unspecified atom stereocenters. The number of carbonyl (C=O) groups excluding carboxylic acids is 1. The summed E-state index contributed by atoms with van der Waals surface area (Å²) in [6.07, 6.45) is 0.892. The second kappa shape index (κ2) is 9.07. The van der Waals surface area contributed by atoms with E-state index in [1.807, 2.05) is 13.8 Å². The van der Waals surface area contributed by atoms with Gasteiger partial charge in [-0.25, -0.2) is 4.99 Å². The summed E-state index contributed by atoms with van der Waals surface area (Å²) < 4.78 is 10.7. The van der Waals surface area contributed by atoms with E-state index < -0.39 is 0 Å². The maximum Gasteiger partial charge on any atom is 0.291 e. The van der Waals surface area contributed by atoms with Crippen LogP contribution in [0.2, 0.25) is 0 Å². The minimum Gasteiger partial charge on any atom is -0.497 e. The molecule has 5 nitrogen and oxygen atoms in total. The first-order valence-corrected chi connectivity index (χ1v) is 7.59. The lowest BCUT2D eigenvalue weighted by Crippen LogP contribution is -2.34. The Hall–Kier alpha value is -2.04. The third-order valence-corrected chi connectivity index (χ3v) is 2.86. The summed E-state index contributed by atoms with van der Waals surface area (Å²) >= 11 is 0. The van der Waals surface area contributed by atoms with Crippen molar-refractivity contribution < 1.29 is 14.3 Å². The maximum atomic E-state index is 12.3. The topological polar surface area (TPSA) is 59.9 Å². The average molecular weight is 306 g/mol. The number of benzene rings is 1. The third kappa shape index (κ3) is 6.61. The molecule has 0 aliphatic heterocycles. The van der Waals surface area contributed by atoms with E-state index in [2.05, 4.69) is 24.2 Å². The van der Waals surface area contributed by atoms with Gasteiger partial charge in [-0.1, -0.05) is 19.9 Å². The molecule has 1 rings (SSSR count). The lowest BCUT2D eigenvalue weighted by molar-refractivity contribution is 0.0959. The predicted octanol–water partition coefficient (Wildman–Crippen LogP) is 3.25. The predicted molar refractivity (Wildman–Crippen MR) is 88.4 cm³/mol. The Labute approximate surface area is 132 Å². The van der Waals surface area contributed by atoms with Crippen molar-refractivity contribution in [1.29, 1.82) is 0 Å². The highest BCUT2D eigenvalue weighted by atomic mass is 16.5. The molecule has 0 bridgehead atoms. The fraction of sp³-hybridized carbons (Fsp3) is 0.529. The third-order valence-electron chi connectivity index (χ3n) is 2.86. The van der Waals surface area contributed by atoms with E-state index in [1.165, 1.54) is 0 Å². The second-order valence-electron chi connectivity index (χ2n) is 5.72. The first-order chi connectivity index (χ1) is 10.4. The minimum atomic E-state index is -0.261. The monoisotopic (exact) mass is 306 g/mol. The van der Waals surface area contributed by atoms with Crippen LogP contribution in [0.25, 0.3) is 0 Å². The van der Waals surface area contributed by atoms with E-state index in [0.717, 1.165) is 6.42 Å². The van der Waals surface area contributed by atoms with E-state index in [0.29, 0.717) is 23.8 Å². The van der Waals surface area contributed by atoms with Crippen molar-refractivity contribution in [3.8, 4) is 5.75 Å². The number of nitrogens with one attached hydrogen (secondary N) is 1. The van der Waals surface area contributed by atoms with Crippen LogP contribution in [0, 0.1) is 5.92 Å². The van der Waals surface area contributed by atoms with Gasteiger partial charge in [0, 0.05) is 12.1 Å². The maximum absolute atomic E-state index is 12.3. The van der Waals surface area contributed by atoms with E-state index >= 15 is 0 Å². The number of aliphatic imine (C=N–C) groups is 1. The summed E-state index contributed by atoms with van der Waals surface area (Å²) in [4.78, 5) is 16.6. The lowest BCUT2D eigenvalue weighted by Gasteiger charge is -2.14. The van der Waals surface area contributed by atoms with Crippen molar-refractivity contribution in [2.75, 3.05) is 13.7 Å². The normalized spacial score (nSPS) is 11.7. The van der Waals surface area contributed by atoms with Crippen LogP contribution in [0.1, 0.15) is 44.5 Å². The van der Waals surface area contributed by atoms with E-state index in [9.17, 15) is 4.79 Å². The molecule has 0 spiro atoms. The van der Waals surface area contributed by atoms with E-state index in [1.54, 1.807) is 31.4 Å². The van der Waals surface area contributed by atoms with Gasteiger partial charge in [-0.05, 0) is 44.4 Å². The SMILES string of the molecule is COc1cccc(C(=O)NC(=NCCC(C)C)OC(C)C)c1. The molecule has 122 valence electrons. The smallest absolute Gasteiger partial charge is 0.291 e. The van der Waals surface area contributed by atoms with Crippen molar-refractivity contribution in [3.63, 3.8) is 0 Å². The summed E-state index contributed by atoms with van der Waals surface area (Å²) in [5, 5.41) is 2.72.